The molecule has 0 saturated carbocycles. The molecule has 0 N–H and O–H groups in total. The summed E-state index contributed by atoms with van der Waals surface area (Å²) < 4.78 is 26.4. The minimum Gasteiger partial charge on any atom is -0.494 e. The maximum Gasteiger partial charge on any atom is 0.338 e. The number of allylic oxidation sites excluding steroid dienone is 1. The molecule has 0 radical (unpaired) electrons. The summed E-state index contributed by atoms with van der Waals surface area (Å²) in [7, 11) is 0. The van der Waals surface area contributed by atoms with Crippen molar-refractivity contribution in [2.75, 3.05) is 13.2 Å². The summed E-state index contributed by atoms with van der Waals surface area (Å²) in [5, 5.41) is 0. The molecule has 0 fully saturated rings. The summed E-state index contributed by atoms with van der Waals surface area (Å²) in [5.74, 6) is -0.298. The second-order valence-corrected chi connectivity index (χ2v) is 8.33. The molecule has 2 heterocycles. The van der Waals surface area contributed by atoms with E-state index in [1.165, 1.54) is 28.0 Å². The number of esters is 1. The van der Waals surface area contributed by atoms with Crippen LogP contribution in [0.2, 0.25) is 0 Å². The first-order valence-electron chi connectivity index (χ1n) is 10.6. The van der Waals surface area contributed by atoms with Crippen LogP contribution in [0, 0.1) is 5.82 Å². The fraction of sp³-hybridized carbons (Fsp3) is 0.240. The van der Waals surface area contributed by atoms with Crippen molar-refractivity contribution in [1.29, 1.82) is 0 Å². The lowest BCUT2D eigenvalue weighted by molar-refractivity contribution is -0.139. The van der Waals surface area contributed by atoms with Crippen molar-refractivity contribution in [1.82, 2.24) is 4.57 Å². The Morgan fingerprint density at radius 1 is 1.15 bits per heavy atom. The zero-order chi connectivity index (χ0) is 23.5. The van der Waals surface area contributed by atoms with Crippen molar-refractivity contribution in [3.05, 3.63) is 96.4 Å². The zero-order valence-electron chi connectivity index (χ0n) is 18.5. The lowest BCUT2D eigenvalue weighted by atomic mass is 9.95. The molecule has 6 nitrogen and oxygen atoms in total. The number of carbonyl (C=O) groups is 1. The molecule has 170 valence electrons. The first-order valence-corrected chi connectivity index (χ1v) is 11.4. The van der Waals surface area contributed by atoms with Gasteiger partial charge in [0.05, 0.1) is 29.0 Å². The standard InChI is InChI=1S/C25H23FN2O4S/c1-4-31-19-9-7-6-8-18(19)22-21(24(30)32-5-2)15(3)27-25-28(22)23(29)20(33-25)14-16-10-12-17(26)13-11-16/h6-14,22H,4-5H2,1-3H3/b20-14-/t22-/m1/s1. The molecule has 33 heavy (non-hydrogen) atoms. The normalized spacial score (nSPS) is 15.8. The molecule has 1 aliphatic rings. The quantitative estimate of drug-likeness (QED) is 0.523. The van der Waals surface area contributed by atoms with E-state index < -0.39 is 12.0 Å². The summed E-state index contributed by atoms with van der Waals surface area (Å²) in [4.78, 5) is 31.6. The smallest absolute Gasteiger partial charge is 0.338 e. The van der Waals surface area contributed by atoms with E-state index in [2.05, 4.69) is 4.99 Å². The third kappa shape index (κ3) is 4.39. The van der Waals surface area contributed by atoms with E-state index >= 15 is 0 Å². The highest BCUT2D eigenvalue weighted by atomic mass is 32.1. The summed E-state index contributed by atoms with van der Waals surface area (Å²) >= 11 is 1.22. The number of aromatic nitrogens is 1. The maximum absolute atomic E-state index is 13.6. The van der Waals surface area contributed by atoms with E-state index in [1.807, 2.05) is 31.2 Å². The van der Waals surface area contributed by atoms with Crippen molar-refractivity contribution in [3.63, 3.8) is 0 Å². The average molecular weight is 467 g/mol. The van der Waals surface area contributed by atoms with E-state index in [1.54, 1.807) is 32.1 Å². The Bertz CT molecular complexity index is 1400. The number of ether oxygens (including phenoxy) is 2. The summed E-state index contributed by atoms with van der Waals surface area (Å²) in [6.07, 6.45) is 1.69. The second kappa shape index (κ2) is 9.54. The molecular weight excluding hydrogens is 443 g/mol. The number of carbonyl (C=O) groups excluding carboxylic acids is 1. The van der Waals surface area contributed by atoms with Gasteiger partial charge in [-0.3, -0.25) is 9.36 Å². The molecule has 0 amide bonds. The van der Waals surface area contributed by atoms with Gasteiger partial charge < -0.3 is 9.47 Å². The minimum absolute atomic E-state index is 0.199. The van der Waals surface area contributed by atoms with Crippen LogP contribution in [-0.4, -0.2) is 23.8 Å². The van der Waals surface area contributed by atoms with Crippen LogP contribution in [0.25, 0.3) is 6.08 Å². The third-order valence-electron chi connectivity index (χ3n) is 5.20. The van der Waals surface area contributed by atoms with Gasteiger partial charge in [-0.15, -0.1) is 0 Å². The van der Waals surface area contributed by atoms with Crippen LogP contribution >= 0.6 is 11.3 Å². The number of thiazole rings is 1. The summed E-state index contributed by atoms with van der Waals surface area (Å²) in [6, 6.07) is 12.5. The Kier molecular flexibility index (Phi) is 6.55. The number of benzene rings is 2. The van der Waals surface area contributed by atoms with Crippen LogP contribution in [-0.2, 0) is 9.53 Å². The van der Waals surface area contributed by atoms with Crippen molar-refractivity contribution in [3.8, 4) is 5.75 Å². The van der Waals surface area contributed by atoms with Crippen molar-refractivity contribution >= 4 is 23.4 Å². The summed E-state index contributed by atoms with van der Waals surface area (Å²) in [5.41, 5.74) is 1.85. The lowest BCUT2D eigenvalue weighted by Gasteiger charge is -2.26. The van der Waals surface area contributed by atoms with Gasteiger partial charge in [-0.25, -0.2) is 14.2 Å². The molecule has 1 atom stereocenters. The van der Waals surface area contributed by atoms with Gasteiger partial charge in [-0.1, -0.05) is 41.7 Å². The highest BCUT2D eigenvalue weighted by Crippen LogP contribution is 2.35. The molecule has 0 spiro atoms. The number of para-hydroxylation sites is 1. The summed E-state index contributed by atoms with van der Waals surface area (Å²) in [6.45, 7) is 5.97. The first-order chi connectivity index (χ1) is 15.9. The number of hydrogen-bond acceptors (Lipinski definition) is 6. The first kappa shape index (κ1) is 22.7. The van der Waals surface area contributed by atoms with E-state index in [0.29, 0.717) is 44.1 Å². The van der Waals surface area contributed by atoms with Gasteiger partial charge in [0.25, 0.3) is 5.56 Å². The SMILES string of the molecule is CCOC(=O)C1=C(C)N=c2s/c(=C\c3ccc(F)cc3)c(=O)n2[C@@H]1c1ccccc1OCC. The fourth-order valence-electron chi connectivity index (χ4n) is 3.79. The third-order valence-corrected chi connectivity index (χ3v) is 6.18. The molecule has 1 aromatic heterocycles. The van der Waals surface area contributed by atoms with Crippen molar-refractivity contribution in [2.45, 2.75) is 26.8 Å². The Morgan fingerprint density at radius 3 is 2.58 bits per heavy atom. The van der Waals surface area contributed by atoms with E-state index in [0.717, 1.165) is 0 Å². The Balaban J connectivity index is 1.98. The van der Waals surface area contributed by atoms with E-state index in [-0.39, 0.29) is 18.0 Å². The molecule has 3 aromatic rings. The van der Waals surface area contributed by atoms with Crippen LogP contribution in [0.15, 0.2) is 69.6 Å². The number of hydrogen-bond donors (Lipinski definition) is 0. The van der Waals surface area contributed by atoms with Crippen LogP contribution in [0.1, 0.15) is 37.9 Å². The van der Waals surface area contributed by atoms with Gasteiger partial charge in [0, 0.05) is 5.56 Å². The Hall–Kier alpha value is -3.52. The number of fused-ring (bicyclic) bond motifs is 1. The topological polar surface area (TPSA) is 69.9 Å². The number of halogens is 1. The largest absolute Gasteiger partial charge is 0.494 e. The van der Waals surface area contributed by atoms with Gasteiger partial charge in [0.2, 0.25) is 0 Å². The van der Waals surface area contributed by atoms with Gasteiger partial charge in [0.1, 0.15) is 17.6 Å². The Morgan fingerprint density at radius 2 is 1.88 bits per heavy atom. The molecule has 0 saturated heterocycles. The van der Waals surface area contributed by atoms with Crippen LogP contribution < -0.4 is 19.6 Å². The van der Waals surface area contributed by atoms with Crippen molar-refractivity contribution < 1.29 is 18.7 Å². The van der Waals surface area contributed by atoms with Gasteiger partial charge in [-0.2, -0.15) is 0 Å². The predicted octanol–water partition coefficient (Wildman–Crippen LogP) is 3.34. The number of nitrogens with zero attached hydrogens (tertiary/aromatic N) is 2. The highest BCUT2D eigenvalue weighted by Gasteiger charge is 2.34. The molecule has 4 rings (SSSR count). The molecule has 0 bridgehead atoms. The van der Waals surface area contributed by atoms with Gasteiger partial charge >= 0.3 is 5.97 Å². The van der Waals surface area contributed by atoms with Crippen LogP contribution in [0.4, 0.5) is 4.39 Å². The monoisotopic (exact) mass is 466 g/mol. The predicted molar refractivity (Wildman–Crippen MR) is 124 cm³/mol. The fourth-order valence-corrected chi connectivity index (χ4v) is 4.84. The highest BCUT2D eigenvalue weighted by molar-refractivity contribution is 7.07. The number of rotatable bonds is 6. The van der Waals surface area contributed by atoms with E-state index in [9.17, 15) is 14.0 Å². The van der Waals surface area contributed by atoms with Gasteiger partial charge in [-0.05, 0) is 50.6 Å². The molecule has 1 aliphatic heterocycles. The van der Waals surface area contributed by atoms with E-state index in [4.69, 9.17) is 9.47 Å². The van der Waals surface area contributed by atoms with Crippen LogP contribution in [0.3, 0.4) is 0 Å². The molecule has 2 aromatic carbocycles. The lowest BCUT2D eigenvalue weighted by Crippen LogP contribution is -2.40. The molecule has 8 heteroatoms. The average Bonchev–Trinajstić information content (AvgIpc) is 3.10. The molecule has 0 unspecified atom stereocenters. The second-order valence-electron chi connectivity index (χ2n) is 7.32. The van der Waals surface area contributed by atoms with Crippen LogP contribution in [0.5, 0.6) is 5.75 Å². The van der Waals surface area contributed by atoms with Crippen molar-refractivity contribution in [2.24, 2.45) is 4.99 Å². The minimum atomic E-state index is -0.751. The maximum atomic E-state index is 13.6. The molecular formula is C25H23FN2O4S. The zero-order valence-corrected chi connectivity index (χ0v) is 19.3. The molecule has 0 aliphatic carbocycles. The van der Waals surface area contributed by atoms with Gasteiger partial charge in [0.15, 0.2) is 4.80 Å². The Labute approximate surface area is 193 Å².